The van der Waals surface area contributed by atoms with Crippen LogP contribution in [0.4, 0.5) is 6.01 Å². The minimum Gasteiger partial charge on any atom is -0.423 e. The fraction of sp³-hybridized carbons (Fsp3) is 0.440. The number of nitrogens with one attached hydrogen (secondary N) is 1. The molecule has 0 aliphatic carbocycles. The maximum absolute atomic E-state index is 13.3. The second-order valence-electron chi connectivity index (χ2n) is 8.67. The summed E-state index contributed by atoms with van der Waals surface area (Å²) in [6, 6.07) is 18.7. The van der Waals surface area contributed by atoms with Crippen molar-refractivity contribution in [3.63, 3.8) is 0 Å². The molecule has 2 saturated heterocycles. The molecule has 0 bridgehead atoms. The van der Waals surface area contributed by atoms with Crippen LogP contribution in [-0.4, -0.2) is 43.7 Å². The van der Waals surface area contributed by atoms with Gasteiger partial charge in [-0.1, -0.05) is 42.5 Å². The van der Waals surface area contributed by atoms with E-state index in [1.165, 1.54) is 0 Å². The number of hydrogen-bond acceptors (Lipinski definition) is 5. The summed E-state index contributed by atoms with van der Waals surface area (Å²) in [7, 11) is 0. The summed E-state index contributed by atoms with van der Waals surface area (Å²) in [6.45, 7) is 3.77. The van der Waals surface area contributed by atoms with E-state index in [2.05, 4.69) is 27.3 Å². The SMILES string of the molecule is O=C(NCC1CCN(c2nc3ccccc3o2)CC1)C1(c2ccccc2)CCOCC1. The van der Waals surface area contributed by atoms with Crippen molar-refractivity contribution in [3.05, 3.63) is 60.2 Å². The first-order valence-corrected chi connectivity index (χ1v) is 11.3. The van der Waals surface area contributed by atoms with Crippen LogP contribution >= 0.6 is 0 Å². The molecule has 2 aliphatic heterocycles. The van der Waals surface area contributed by atoms with Gasteiger partial charge in [-0.05, 0) is 49.3 Å². The Balaban J connectivity index is 1.19. The van der Waals surface area contributed by atoms with Gasteiger partial charge in [0, 0.05) is 32.8 Å². The van der Waals surface area contributed by atoms with Gasteiger partial charge < -0.3 is 19.4 Å². The highest BCUT2D eigenvalue weighted by atomic mass is 16.5. The third kappa shape index (κ3) is 4.04. The number of nitrogens with zero attached hydrogens (tertiary/aromatic N) is 2. The number of rotatable bonds is 5. The van der Waals surface area contributed by atoms with Crippen LogP contribution in [0.25, 0.3) is 11.1 Å². The first-order chi connectivity index (χ1) is 15.2. The van der Waals surface area contributed by atoms with Crippen LogP contribution in [0.5, 0.6) is 0 Å². The van der Waals surface area contributed by atoms with E-state index in [0.717, 1.165) is 62.0 Å². The van der Waals surface area contributed by atoms with E-state index in [4.69, 9.17) is 9.15 Å². The van der Waals surface area contributed by atoms with E-state index in [1.807, 2.05) is 42.5 Å². The zero-order valence-corrected chi connectivity index (χ0v) is 17.8. The molecule has 1 aromatic heterocycles. The van der Waals surface area contributed by atoms with Gasteiger partial charge in [0.15, 0.2) is 5.58 Å². The molecular formula is C25H29N3O3. The number of piperidine rings is 1. The van der Waals surface area contributed by atoms with Crippen LogP contribution in [0.3, 0.4) is 0 Å². The number of fused-ring (bicyclic) bond motifs is 1. The maximum Gasteiger partial charge on any atom is 0.298 e. The Hall–Kier alpha value is -2.86. The fourth-order valence-electron chi connectivity index (χ4n) is 4.85. The molecule has 0 saturated carbocycles. The molecule has 2 fully saturated rings. The fourth-order valence-corrected chi connectivity index (χ4v) is 4.85. The van der Waals surface area contributed by atoms with E-state index in [-0.39, 0.29) is 5.91 Å². The highest BCUT2D eigenvalue weighted by molar-refractivity contribution is 5.88. The molecule has 0 unspecified atom stereocenters. The van der Waals surface area contributed by atoms with Gasteiger partial charge in [-0.25, -0.2) is 0 Å². The number of carbonyl (C=O) groups is 1. The molecule has 3 heterocycles. The maximum atomic E-state index is 13.3. The quantitative estimate of drug-likeness (QED) is 0.679. The largest absolute Gasteiger partial charge is 0.423 e. The number of benzene rings is 2. The predicted octanol–water partition coefficient (Wildman–Crippen LogP) is 3.91. The number of hydrogen-bond donors (Lipinski definition) is 1. The summed E-state index contributed by atoms with van der Waals surface area (Å²) in [5, 5.41) is 3.29. The van der Waals surface area contributed by atoms with Crippen LogP contribution in [0, 0.1) is 5.92 Å². The van der Waals surface area contributed by atoms with Crippen molar-refractivity contribution in [1.82, 2.24) is 10.3 Å². The van der Waals surface area contributed by atoms with Crippen molar-refractivity contribution in [2.24, 2.45) is 5.92 Å². The standard InChI is InChI=1S/C25H29N3O3/c29-23(25(12-16-30-17-13-25)20-6-2-1-3-7-20)26-18-19-10-14-28(15-11-19)24-27-21-8-4-5-9-22(21)31-24/h1-9,19H,10-18H2,(H,26,29). The van der Waals surface area contributed by atoms with Crippen molar-refractivity contribution in [2.75, 3.05) is 37.7 Å². The highest BCUT2D eigenvalue weighted by Crippen LogP contribution is 2.35. The van der Waals surface area contributed by atoms with Crippen molar-refractivity contribution in [1.29, 1.82) is 0 Å². The third-order valence-corrected chi connectivity index (χ3v) is 6.83. The van der Waals surface area contributed by atoms with Crippen LogP contribution in [-0.2, 0) is 14.9 Å². The predicted molar refractivity (Wildman–Crippen MR) is 120 cm³/mol. The molecule has 5 rings (SSSR count). The molecule has 31 heavy (non-hydrogen) atoms. The van der Waals surface area contributed by atoms with Gasteiger partial charge in [0.2, 0.25) is 5.91 Å². The number of oxazole rings is 1. The highest BCUT2D eigenvalue weighted by Gasteiger charge is 2.41. The lowest BCUT2D eigenvalue weighted by atomic mass is 9.73. The van der Waals surface area contributed by atoms with Crippen molar-refractivity contribution < 1.29 is 13.9 Å². The molecule has 6 nitrogen and oxygen atoms in total. The molecule has 1 amide bonds. The summed E-state index contributed by atoms with van der Waals surface area (Å²) in [4.78, 5) is 20.2. The lowest BCUT2D eigenvalue weighted by Gasteiger charge is -2.37. The monoisotopic (exact) mass is 419 g/mol. The summed E-state index contributed by atoms with van der Waals surface area (Å²) in [5.74, 6) is 0.612. The Morgan fingerprint density at radius 1 is 1.03 bits per heavy atom. The molecule has 3 aromatic rings. The Morgan fingerprint density at radius 3 is 2.48 bits per heavy atom. The Kier molecular flexibility index (Phi) is 5.64. The van der Waals surface area contributed by atoms with E-state index in [1.54, 1.807) is 0 Å². The molecule has 2 aliphatic rings. The lowest BCUT2D eigenvalue weighted by Crippen LogP contribution is -2.49. The number of ether oxygens (including phenoxy) is 1. The van der Waals surface area contributed by atoms with Crippen LogP contribution in [0.2, 0.25) is 0 Å². The van der Waals surface area contributed by atoms with Gasteiger partial charge in [0.25, 0.3) is 6.01 Å². The zero-order valence-electron chi connectivity index (χ0n) is 17.8. The molecule has 1 N–H and O–H groups in total. The zero-order chi connectivity index (χ0) is 21.1. The first-order valence-electron chi connectivity index (χ1n) is 11.3. The first kappa shape index (κ1) is 20.1. The van der Waals surface area contributed by atoms with E-state index < -0.39 is 5.41 Å². The Labute approximate surface area is 182 Å². The minimum absolute atomic E-state index is 0.142. The molecule has 2 aromatic carbocycles. The van der Waals surface area contributed by atoms with E-state index >= 15 is 0 Å². The topological polar surface area (TPSA) is 67.6 Å². The average Bonchev–Trinajstić information content (AvgIpc) is 3.28. The van der Waals surface area contributed by atoms with E-state index in [0.29, 0.717) is 25.1 Å². The molecular weight excluding hydrogens is 390 g/mol. The summed E-state index contributed by atoms with van der Waals surface area (Å²) < 4.78 is 11.5. The average molecular weight is 420 g/mol. The molecule has 162 valence electrons. The summed E-state index contributed by atoms with van der Waals surface area (Å²) in [5.41, 5.74) is 2.35. The molecule has 6 heteroatoms. The van der Waals surface area contributed by atoms with Crippen molar-refractivity contribution >= 4 is 23.0 Å². The van der Waals surface area contributed by atoms with Gasteiger partial charge in [-0.15, -0.1) is 0 Å². The normalized spacial score (nSPS) is 19.4. The summed E-state index contributed by atoms with van der Waals surface area (Å²) in [6.07, 6.45) is 3.50. The number of anilines is 1. The second-order valence-corrected chi connectivity index (χ2v) is 8.67. The third-order valence-electron chi connectivity index (χ3n) is 6.83. The number of para-hydroxylation sites is 2. The van der Waals surface area contributed by atoms with E-state index in [9.17, 15) is 4.79 Å². The lowest BCUT2D eigenvalue weighted by molar-refractivity contribution is -0.130. The van der Waals surface area contributed by atoms with Gasteiger partial charge >= 0.3 is 0 Å². The molecule has 0 atom stereocenters. The smallest absolute Gasteiger partial charge is 0.298 e. The molecule has 0 spiro atoms. The van der Waals surface area contributed by atoms with Gasteiger partial charge in [-0.3, -0.25) is 4.79 Å². The van der Waals surface area contributed by atoms with Gasteiger partial charge in [-0.2, -0.15) is 4.98 Å². The van der Waals surface area contributed by atoms with Crippen LogP contribution in [0.1, 0.15) is 31.2 Å². The summed E-state index contributed by atoms with van der Waals surface area (Å²) >= 11 is 0. The number of carbonyl (C=O) groups excluding carboxylic acids is 1. The number of amides is 1. The molecule has 0 radical (unpaired) electrons. The minimum atomic E-state index is -0.474. The Bertz CT molecular complexity index is 986. The van der Waals surface area contributed by atoms with Gasteiger partial charge in [0.05, 0.1) is 5.41 Å². The number of aromatic nitrogens is 1. The van der Waals surface area contributed by atoms with Crippen LogP contribution in [0.15, 0.2) is 59.0 Å². The second kappa shape index (κ2) is 8.71. The van der Waals surface area contributed by atoms with Crippen molar-refractivity contribution in [3.8, 4) is 0 Å². The van der Waals surface area contributed by atoms with Crippen LogP contribution < -0.4 is 10.2 Å². The van der Waals surface area contributed by atoms with Gasteiger partial charge in [0.1, 0.15) is 5.52 Å². The Morgan fingerprint density at radius 2 is 1.74 bits per heavy atom. The van der Waals surface area contributed by atoms with Crippen molar-refractivity contribution in [2.45, 2.75) is 31.1 Å².